The molecule has 2 amide bonds. The van der Waals surface area contributed by atoms with Gasteiger partial charge in [0.25, 0.3) is 11.8 Å². The third-order valence-corrected chi connectivity index (χ3v) is 4.58. The highest BCUT2D eigenvalue weighted by Crippen LogP contribution is 2.34. The molecular formula is C24H21F3N2O3. The molecule has 0 saturated carbocycles. The first-order valence-corrected chi connectivity index (χ1v) is 9.80. The minimum absolute atomic E-state index is 0.269. The van der Waals surface area contributed by atoms with E-state index in [-0.39, 0.29) is 11.6 Å². The third kappa shape index (κ3) is 6.10. The van der Waals surface area contributed by atoms with E-state index in [9.17, 15) is 22.8 Å². The fraction of sp³-hybridized carbons (Fsp3) is 0.167. The van der Waals surface area contributed by atoms with Gasteiger partial charge in [-0.2, -0.15) is 13.2 Å². The van der Waals surface area contributed by atoms with Crippen LogP contribution in [0.2, 0.25) is 0 Å². The summed E-state index contributed by atoms with van der Waals surface area (Å²) in [6.45, 7) is 1.81. The minimum Gasteiger partial charge on any atom is -0.481 e. The smallest absolute Gasteiger partial charge is 0.418 e. The number of rotatable bonds is 7. The van der Waals surface area contributed by atoms with E-state index in [1.165, 1.54) is 37.3 Å². The van der Waals surface area contributed by atoms with E-state index in [0.717, 1.165) is 11.6 Å². The van der Waals surface area contributed by atoms with Crippen molar-refractivity contribution in [3.8, 4) is 5.75 Å². The van der Waals surface area contributed by atoms with E-state index >= 15 is 0 Å². The van der Waals surface area contributed by atoms with Crippen molar-refractivity contribution in [1.29, 1.82) is 0 Å². The van der Waals surface area contributed by atoms with E-state index < -0.39 is 23.8 Å². The maximum atomic E-state index is 13.1. The Bertz CT molecular complexity index is 1070. The van der Waals surface area contributed by atoms with Crippen molar-refractivity contribution in [2.24, 2.45) is 0 Å². The lowest BCUT2D eigenvalue weighted by molar-refractivity contribution is -0.137. The normalized spacial score (nSPS) is 12.0. The predicted molar refractivity (Wildman–Crippen MR) is 114 cm³/mol. The zero-order valence-electron chi connectivity index (χ0n) is 17.1. The average molecular weight is 442 g/mol. The summed E-state index contributed by atoms with van der Waals surface area (Å²) in [6.07, 6.45) is -5.65. The Balaban J connectivity index is 1.57. The molecule has 0 fully saturated rings. The summed E-state index contributed by atoms with van der Waals surface area (Å²) >= 11 is 0. The Morgan fingerprint density at radius 3 is 2.19 bits per heavy atom. The molecule has 1 atom stereocenters. The second-order valence-electron chi connectivity index (χ2n) is 6.99. The number of alkyl halides is 3. The Kier molecular flexibility index (Phi) is 7.14. The van der Waals surface area contributed by atoms with Gasteiger partial charge >= 0.3 is 6.18 Å². The predicted octanol–water partition coefficient (Wildman–Crippen LogP) is 5.04. The lowest BCUT2D eigenvalue weighted by Crippen LogP contribution is -2.31. The van der Waals surface area contributed by atoms with Gasteiger partial charge in [0.2, 0.25) is 0 Å². The molecule has 0 heterocycles. The molecule has 166 valence electrons. The zero-order valence-corrected chi connectivity index (χ0v) is 17.1. The van der Waals surface area contributed by atoms with Gasteiger partial charge in [-0.15, -0.1) is 0 Å². The van der Waals surface area contributed by atoms with Crippen LogP contribution in [-0.2, 0) is 17.5 Å². The fourth-order valence-corrected chi connectivity index (χ4v) is 2.90. The molecule has 8 heteroatoms. The van der Waals surface area contributed by atoms with Crippen LogP contribution in [0, 0.1) is 0 Å². The topological polar surface area (TPSA) is 67.4 Å². The maximum absolute atomic E-state index is 13.1. The molecular weight excluding hydrogens is 421 g/mol. The van der Waals surface area contributed by atoms with E-state index in [4.69, 9.17) is 4.74 Å². The molecule has 5 nitrogen and oxygen atoms in total. The number of benzene rings is 3. The van der Waals surface area contributed by atoms with Crippen molar-refractivity contribution in [2.45, 2.75) is 25.7 Å². The average Bonchev–Trinajstić information content (AvgIpc) is 2.78. The Morgan fingerprint density at radius 2 is 1.53 bits per heavy atom. The molecule has 0 bridgehead atoms. The van der Waals surface area contributed by atoms with Crippen LogP contribution in [0.15, 0.2) is 78.9 Å². The maximum Gasteiger partial charge on any atom is 0.418 e. The Hall–Kier alpha value is -3.81. The van der Waals surface area contributed by atoms with Crippen LogP contribution in [0.5, 0.6) is 5.75 Å². The first kappa shape index (κ1) is 22.9. The van der Waals surface area contributed by atoms with Crippen molar-refractivity contribution >= 4 is 17.5 Å². The van der Waals surface area contributed by atoms with Gasteiger partial charge in [-0.3, -0.25) is 9.59 Å². The van der Waals surface area contributed by atoms with Gasteiger partial charge in [-0.1, -0.05) is 42.5 Å². The van der Waals surface area contributed by atoms with Crippen LogP contribution in [-0.4, -0.2) is 17.9 Å². The van der Waals surface area contributed by atoms with Crippen molar-refractivity contribution in [1.82, 2.24) is 5.32 Å². The third-order valence-electron chi connectivity index (χ3n) is 4.58. The van der Waals surface area contributed by atoms with Crippen LogP contribution < -0.4 is 15.4 Å². The Labute approximate surface area is 183 Å². The van der Waals surface area contributed by atoms with Crippen molar-refractivity contribution in [2.75, 3.05) is 5.32 Å². The molecule has 0 aliphatic carbocycles. The van der Waals surface area contributed by atoms with Crippen LogP contribution >= 0.6 is 0 Å². The fourth-order valence-electron chi connectivity index (χ4n) is 2.90. The Morgan fingerprint density at radius 1 is 0.906 bits per heavy atom. The van der Waals surface area contributed by atoms with E-state index in [0.29, 0.717) is 17.9 Å². The van der Waals surface area contributed by atoms with Gasteiger partial charge in [0.15, 0.2) is 6.10 Å². The molecule has 2 N–H and O–H groups in total. The first-order chi connectivity index (χ1) is 15.2. The summed E-state index contributed by atoms with van der Waals surface area (Å²) in [5.41, 5.74) is 0.0922. The second kappa shape index (κ2) is 10.00. The van der Waals surface area contributed by atoms with Crippen molar-refractivity contribution in [3.63, 3.8) is 0 Å². The highest BCUT2D eigenvalue weighted by atomic mass is 19.4. The number of nitrogens with one attached hydrogen (secondary N) is 2. The SMILES string of the molecule is C[C@H](Oc1ccc(C(=O)NCc2ccccc2)cc1)C(=O)Nc1ccccc1C(F)(F)F. The molecule has 0 unspecified atom stereocenters. The number of amides is 2. The number of para-hydroxylation sites is 1. The van der Waals surface area contributed by atoms with Crippen molar-refractivity contribution in [3.05, 3.63) is 95.6 Å². The van der Waals surface area contributed by atoms with Crippen molar-refractivity contribution < 1.29 is 27.5 Å². The number of hydrogen-bond acceptors (Lipinski definition) is 3. The van der Waals surface area contributed by atoms with Gasteiger partial charge in [-0.05, 0) is 48.9 Å². The van der Waals surface area contributed by atoms with Gasteiger partial charge in [0.05, 0.1) is 11.3 Å². The number of carbonyl (C=O) groups excluding carboxylic acids is 2. The van der Waals surface area contributed by atoms with Gasteiger partial charge in [-0.25, -0.2) is 0 Å². The highest BCUT2D eigenvalue weighted by molar-refractivity contribution is 5.95. The molecule has 0 aliphatic rings. The monoisotopic (exact) mass is 442 g/mol. The van der Waals surface area contributed by atoms with E-state index in [1.807, 2.05) is 30.3 Å². The van der Waals surface area contributed by atoms with Gasteiger partial charge in [0.1, 0.15) is 5.75 Å². The number of ether oxygens (including phenoxy) is 1. The lowest BCUT2D eigenvalue weighted by atomic mass is 10.1. The molecule has 3 aromatic carbocycles. The van der Waals surface area contributed by atoms with Gasteiger partial charge in [0, 0.05) is 12.1 Å². The number of halogens is 3. The summed E-state index contributed by atoms with van der Waals surface area (Å²) in [6, 6.07) is 20.3. The second-order valence-corrected chi connectivity index (χ2v) is 6.99. The molecule has 0 radical (unpaired) electrons. The number of carbonyl (C=O) groups is 2. The largest absolute Gasteiger partial charge is 0.481 e. The summed E-state index contributed by atoms with van der Waals surface area (Å²) in [5, 5.41) is 5.05. The summed E-state index contributed by atoms with van der Waals surface area (Å²) in [5.74, 6) is -0.697. The highest BCUT2D eigenvalue weighted by Gasteiger charge is 2.34. The first-order valence-electron chi connectivity index (χ1n) is 9.80. The molecule has 0 saturated heterocycles. The summed E-state index contributed by atoms with van der Waals surface area (Å²) in [4.78, 5) is 24.6. The minimum atomic E-state index is -4.59. The molecule has 0 spiro atoms. The van der Waals surface area contributed by atoms with E-state index in [1.54, 1.807) is 12.1 Å². The summed E-state index contributed by atoms with van der Waals surface area (Å²) in [7, 11) is 0. The van der Waals surface area contributed by atoms with Gasteiger partial charge < -0.3 is 15.4 Å². The molecule has 32 heavy (non-hydrogen) atoms. The van der Waals surface area contributed by atoms with Crippen LogP contribution in [0.1, 0.15) is 28.4 Å². The molecule has 3 rings (SSSR count). The van der Waals surface area contributed by atoms with Crippen LogP contribution in [0.25, 0.3) is 0 Å². The number of hydrogen-bond donors (Lipinski definition) is 2. The summed E-state index contributed by atoms with van der Waals surface area (Å²) < 4.78 is 44.8. The van der Waals surface area contributed by atoms with Crippen LogP contribution in [0.4, 0.5) is 18.9 Å². The standard InChI is InChI=1S/C24H21F3N2O3/c1-16(22(30)29-21-10-6-5-9-20(21)24(25,26)27)32-19-13-11-18(12-14-19)23(31)28-15-17-7-3-2-4-8-17/h2-14,16H,15H2,1H3,(H,28,31)(H,29,30)/t16-/m0/s1. The molecule has 0 aliphatic heterocycles. The molecule has 3 aromatic rings. The molecule has 0 aromatic heterocycles. The zero-order chi connectivity index (χ0) is 23.1. The van der Waals surface area contributed by atoms with E-state index in [2.05, 4.69) is 10.6 Å². The lowest BCUT2D eigenvalue weighted by Gasteiger charge is -2.17. The number of anilines is 1. The quantitative estimate of drug-likeness (QED) is 0.539. The van der Waals surface area contributed by atoms with Crippen LogP contribution in [0.3, 0.4) is 0 Å².